The number of amides is 1. The highest BCUT2D eigenvalue weighted by Gasteiger charge is 2.19. The van der Waals surface area contributed by atoms with Crippen LogP contribution in [0.5, 0.6) is 5.75 Å². The molecular formula is C25H34N2O2. The average Bonchev–Trinajstić information content (AvgIpc) is 2.70. The molecule has 0 unspecified atom stereocenters. The second kappa shape index (κ2) is 9.34. The fourth-order valence-corrected chi connectivity index (χ4v) is 3.86. The Hall–Kier alpha value is -2.49. The Morgan fingerprint density at radius 3 is 2.48 bits per heavy atom. The van der Waals surface area contributed by atoms with Crippen LogP contribution >= 0.6 is 0 Å². The van der Waals surface area contributed by atoms with Crippen LogP contribution in [0.3, 0.4) is 0 Å². The van der Waals surface area contributed by atoms with Crippen molar-refractivity contribution in [1.29, 1.82) is 0 Å². The summed E-state index contributed by atoms with van der Waals surface area (Å²) < 4.78 is 5.84. The van der Waals surface area contributed by atoms with E-state index in [-0.39, 0.29) is 11.9 Å². The average molecular weight is 395 g/mol. The first kappa shape index (κ1) is 21.2. The number of aryl methyl sites for hydroxylation is 2. The zero-order chi connectivity index (χ0) is 21.0. The van der Waals surface area contributed by atoms with Crippen molar-refractivity contribution in [1.82, 2.24) is 5.32 Å². The molecule has 1 heterocycles. The van der Waals surface area contributed by atoms with Gasteiger partial charge in [-0.3, -0.25) is 4.79 Å². The standard InChI is InChI=1S/C25H34N2O2/c1-17-7-6-14-27(16-17)23-11-9-22(10-12-23)20(4)26-25(28)21(5)29-24-13-8-18(2)19(3)15-24/h8-13,15,17,20-21H,6-7,14,16H2,1-5H3,(H,26,28)/t17-,20+,21+/m0/s1. The molecule has 156 valence electrons. The van der Waals surface area contributed by atoms with E-state index in [1.165, 1.54) is 24.1 Å². The molecule has 3 atom stereocenters. The van der Waals surface area contributed by atoms with Gasteiger partial charge in [0.25, 0.3) is 5.91 Å². The van der Waals surface area contributed by atoms with Crippen LogP contribution in [0.2, 0.25) is 0 Å². The van der Waals surface area contributed by atoms with Gasteiger partial charge in [-0.25, -0.2) is 0 Å². The number of rotatable bonds is 6. The second-order valence-electron chi connectivity index (χ2n) is 8.52. The molecule has 0 radical (unpaired) electrons. The molecule has 1 aliphatic heterocycles. The van der Waals surface area contributed by atoms with Gasteiger partial charge >= 0.3 is 0 Å². The van der Waals surface area contributed by atoms with Crippen molar-refractivity contribution in [3.8, 4) is 5.75 Å². The minimum Gasteiger partial charge on any atom is -0.481 e. The van der Waals surface area contributed by atoms with Crippen LogP contribution in [-0.2, 0) is 4.79 Å². The summed E-state index contributed by atoms with van der Waals surface area (Å²) in [5.74, 6) is 1.37. The molecule has 3 rings (SSSR count). The first-order valence-electron chi connectivity index (χ1n) is 10.7. The van der Waals surface area contributed by atoms with Crippen molar-refractivity contribution in [3.05, 3.63) is 59.2 Å². The Morgan fingerprint density at radius 1 is 1.10 bits per heavy atom. The van der Waals surface area contributed by atoms with Gasteiger partial charge in [-0.1, -0.05) is 25.1 Å². The summed E-state index contributed by atoms with van der Waals surface area (Å²) in [6.45, 7) is 12.5. The quantitative estimate of drug-likeness (QED) is 0.733. The normalized spacial score (nSPS) is 18.8. The van der Waals surface area contributed by atoms with Crippen LogP contribution in [0, 0.1) is 19.8 Å². The fourth-order valence-electron chi connectivity index (χ4n) is 3.86. The van der Waals surface area contributed by atoms with Gasteiger partial charge in [-0.05, 0) is 87.4 Å². The number of ether oxygens (including phenoxy) is 1. The fraction of sp³-hybridized carbons (Fsp3) is 0.480. The van der Waals surface area contributed by atoms with Crippen molar-refractivity contribution in [3.63, 3.8) is 0 Å². The minimum absolute atomic E-state index is 0.0670. The zero-order valence-electron chi connectivity index (χ0n) is 18.4. The van der Waals surface area contributed by atoms with Gasteiger partial charge < -0.3 is 15.0 Å². The Morgan fingerprint density at radius 2 is 1.83 bits per heavy atom. The molecule has 29 heavy (non-hydrogen) atoms. The van der Waals surface area contributed by atoms with Gasteiger partial charge in [0, 0.05) is 18.8 Å². The molecule has 0 aliphatic carbocycles. The summed E-state index contributed by atoms with van der Waals surface area (Å²) in [6, 6.07) is 14.4. The molecular weight excluding hydrogens is 360 g/mol. The first-order valence-corrected chi connectivity index (χ1v) is 10.7. The van der Waals surface area contributed by atoms with Gasteiger partial charge in [0.2, 0.25) is 0 Å². The highest BCUT2D eigenvalue weighted by atomic mass is 16.5. The topological polar surface area (TPSA) is 41.6 Å². The van der Waals surface area contributed by atoms with Gasteiger partial charge in [-0.15, -0.1) is 0 Å². The third kappa shape index (κ3) is 5.53. The lowest BCUT2D eigenvalue weighted by Crippen LogP contribution is -2.37. The van der Waals surface area contributed by atoms with E-state index in [1.54, 1.807) is 6.92 Å². The second-order valence-corrected chi connectivity index (χ2v) is 8.52. The third-order valence-corrected chi connectivity index (χ3v) is 5.93. The number of nitrogens with zero attached hydrogens (tertiary/aromatic N) is 1. The maximum Gasteiger partial charge on any atom is 0.261 e. The number of hydrogen-bond acceptors (Lipinski definition) is 3. The van der Waals surface area contributed by atoms with Crippen LogP contribution in [0.4, 0.5) is 5.69 Å². The molecule has 0 aromatic heterocycles. The first-order chi connectivity index (χ1) is 13.8. The summed E-state index contributed by atoms with van der Waals surface area (Å²) in [4.78, 5) is 15.0. The van der Waals surface area contributed by atoms with E-state index in [2.05, 4.69) is 48.3 Å². The van der Waals surface area contributed by atoms with Gasteiger partial charge in [0.15, 0.2) is 6.10 Å². The van der Waals surface area contributed by atoms with Crippen LogP contribution in [0.15, 0.2) is 42.5 Å². The SMILES string of the molecule is Cc1ccc(O[C@H](C)C(=O)N[C@H](C)c2ccc(N3CCC[C@H](C)C3)cc2)cc1C. The number of piperidine rings is 1. The molecule has 4 nitrogen and oxygen atoms in total. The van der Waals surface area contributed by atoms with Crippen molar-refractivity contribution in [2.24, 2.45) is 5.92 Å². The number of nitrogens with one attached hydrogen (secondary N) is 1. The van der Waals surface area contributed by atoms with Gasteiger partial charge in [0.05, 0.1) is 6.04 Å². The number of carbonyl (C=O) groups is 1. The van der Waals surface area contributed by atoms with Crippen molar-refractivity contribution in [2.75, 3.05) is 18.0 Å². The van der Waals surface area contributed by atoms with E-state index >= 15 is 0 Å². The van der Waals surface area contributed by atoms with E-state index in [9.17, 15) is 4.79 Å². The van der Waals surface area contributed by atoms with Crippen LogP contribution in [0.25, 0.3) is 0 Å². The predicted octanol–water partition coefficient (Wildman–Crippen LogP) is 5.18. The number of carbonyl (C=O) groups excluding carboxylic acids is 1. The van der Waals surface area contributed by atoms with E-state index in [4.69, 9.17) is 4.74 Å². The smallest absolute Gasteiger partial charge is 0.261 e. The number of benzene rings is 2. The molecule has 2 aromatic carbocycles. The van der Waals surface area contributed by atoms with Crippen molar-refractivity contribution < 1.29 is 9.53 Å². The van der Waals surface area contributed by atoms with E-state index in [1.807, 2.05) is 32.0 Å². The minimum atomic E-state index is -0.548. The van der Waals surface area contributed by atoms with Gasteiger partial charge in [0.1, 0.15) is 5.75 Å². The Kier molecular flexibility index (Phi) is 6.83. The molecule has 0 saturated carbocycles. The Bertz CT molecular complexity index is 831. The summed E-state index contributed by atoms with van der Waals surface area (Å²) in [5, 5.41) is 3.07. The van der Waals surface area contributed by atoms with Gasteiger partial charge in [-0.2, -0.15) is 0 Å². The highest BCUT2D eigenvalue weighted by Crippen LogP contribution is 2.25. The predicted molar refractivity (Wildman–Crippen MR) is 120 cm³/mol. The lowest BCUT2D eigenvalue weighted by atomic mass is 9.99. The maximum absolute atomic E-state index is 12.6. The van der Waals surface area contributed by atoms with Crippen molar-refractivity contribution >= 4 is 11.6 Å². The van der Waals surface area contributed by atoms with E-state index in [0.29, 0.717) is 0 Å². The largest absolute Gasteiger partial charge is 0.481 e. The van der Waals surface area contributed by atoms with Crippen molar-refractivity contribution in [2.45, 2.75) is 59.6 Å². The molecule has 0 spiro atoms. The highest BCUT2D eigenvalue weighted by molar-refractivity contribution is 5.81. The molecule has 4 heteroatoms. The molecule has 2 aromatic rings. The Balaban J connectivity index is 1.56. The lowest BCUT2D eigenvalue weighted by molar-refractivity contribution is -0.127. The molecule has 1 fully saturated rings. The van der Waals surface area contributed by atoms with Crippen LogP contribution < -0.4 is 15.0 Å². The lowest BCUT2D eigenvalue weighted by Gasteiger charge is -2.33. The van der Waals surface area contributed by atoms with Crippen LogP contribution in [-0.4, -0.2) is 25.1 Å². The molecule has 0 bridgehead atoms. The monoisotopic (exact) mass is 394 g/mol. The van der Waals surface area contributed by atoms with Crippen LogP contribution in [0.1, 0.15) is 56.3 Å². The number of hydrogen-bond donors (Lipinski definition) is 1. The van der Waals surface area contributed by atoms with E-state index in [0.717, 1.165) is 35.9 Å². The summed E-state index contributed by atoms with van der Waals surface area (Å²) in [6.07, 6.45) is 2.03. The molecule has 1 amide bonds. The third-order valence-electron chi connectivity index (χ3n) is 5.93. The summed E-state index contributed by atoms with van der Waals surface area (Å²) >= 11 is 0. The molecule has 1 aliphatic rings. The Labute approximate surface area is 175 Å². The summed E-state index contributed by atoms with van der Waals surface area (Å²) in [7, 11) is 0. The molecule has 1 saturated heterocycles. The zero-order valence-corrected chi connectivity index (χ0v) is 18.4. The number of anilines is 1. The summed E-state index contributed by atoms with van der Waals surface area (Å²) in [5.41, 5.74) is 4.74. The van der Waals surface area contributed by atoms with E-state index < -0.39 is 6.10 Å². The molecule has 1 N–H and O–H groups in total. The maximum atomic E-state index is 12.6.